The summed E-state index contributed by atoms with van der Waals surface area (Å²) in [6.07, 6.45) is 0.817. The number of aliphatic imine (C=N–C) groups is 1. The van der Waals surface area contributed by atoms with Crippen LogP contribution in [-0.2, 0) is 6.54 Å². The maximum absolute atomic E-state index is 7.44. The molecule has 1 aromatic rings. The molecule has 0 fully saturated rings. The minimum absolute atomic E-state index is 0.120. The number of hydrogen-bond donors (Lipinski definition) is 3. The van der Waals surface area contributed by atoms with Crippen LogP contribution in [0.3, 0.4) is 0 Å². The summed E-state index contributed by atoms with van der Waals surface area (Å²) < 4.78 is 0. The van der Waals surface area contributed by atoms with E-state index in [1.807, 2.05) is 6.92 Å². The highest BCUT2D eigenvalue weighted by Gasteiger charge is 2.09. The van der Waals surface area contributed by atoms with Gasteiger partial charge in [-0.3, -0.25) is 10.3 Å². The van der Waals surface area contributed by atoms with Crippen molar-refractivity contribution in [1.29, 1.82) is 5.41 Å². The molecule has 0 heterocycles. The molecule has 0 bridgehead atoms. The quantitative estimate of drug-likeness (QED) is 0.589. The van der Waals surface area contributed by atoms with E-state index in [1.165, 1.54) is 4.90 Å². The molecule has 104 valence electrons. The van der Waals surface area contributed by atoms with Crippen LogP contribution >= 0.6 is 23.2 Å². The van der Waals surface area contributed by atoms with Crippen LogP contribution < -0.4 is 11.5 Å². The first-order valence-electron chi connectivity index (χ1n) is 5.81. The number of benzene rings is 1. The number of nitrogens with zero attached hydrogens (tertiary/aromatic N) is 2. The third-order valence-corrected chi connectivity index (χ3v) is 3.03. The van der Waals surface area contributed by atoms with Gasteiger partial charge in [-0.05, 0) is 24.1 Å². The van der Waals surface area contributed by atoms with Gasteiger partial charge in [0.1, 0.15) is 0 Å². The Kier molecular flexibility index (Phi) is 5.92. The van der Waals surface area contributed by atoms with E-state index in [9.17, 15) is 0 Å². The van der Waals surface area contributed by atoms with E-state index in [-0.39, 0.29) is 11.9 Å². The van der Waals surface area contributed by atoms with Gasteiger partial charge in [-0.1, -0.05) is 36.2 Å². The van der Waals surface area contributed by atoms with E-state index in [2.05, 4.69) is 4.99 Å². The zero-order chi connectivity index (χ0) is 14.4. The number of guanidine groups is 2. The lowest BCUT2D eigenvalue weighted by Gasteiger charge is -2.20. The molecule has 1 rings (SSSR count). The molecule has 0 radical (unpaired) electrons. The second-order valence-electron chi connectivity index (χ2n) is 3.95. The van der Waals surface area contributed by atoms with Gasteiger partial charge in [0.2, 0.25) is 0 Å². The fourth-order valence-corrected chi connectivity index (χ4v) is 1.95. The second-order valence-corrected chi connectivity index (χ2v) is 4.79. The summed E-state index contributed by atoms with van der Waals surface area (Å²) in [7, 11) is 0. The number of halogens is 2. The Morgan fingerprint density at radius 3 is 2.58 bits per heavy atom. The van der Waals surface area contributed by atoms with Gasteiger partial charge in [0.25, 0.3) is 0 Å². The van der Waals surface area contributed by atoms with Crippen LogP contribution in [0.1, 0.15) is 18.9 Å². The predicted molar refractivity (Wildman–Crippen MR) is 80.7 cm³/mol. The number of nitrogens with two attached hydrogens (primary N) is 2. The maximum Gasteiger partial charge on any atom is 0.198 e. The van der Waals surface area contributed by atoms with E-state index in [0.717, 1.165) is 12.0 Å². The minimum Gasteiger partial charge on any atom is -0.370 e. The highest BCUT2D eigenvalue weighted by atomic mass is 35.5. The lowest BCUT2D eigenvalue weighted by Crippen LogP contribution is -2.45. The molecule has 5 N–H and O–H groups in total. The van der Waals surface area contributed by atoms with Gasteiger partial charge >= 0.3 is 0 Å². The minimum atomic E-state index is -0.120. The lowest BCUT2D eigenvalue weighted by atomic mass is 10.2. The second kappa shape index (κ2) is 7.21. The molecule has 0 aliphatic heterocycles. The van der Waals surface area contributed by atoms with Crippen molar-refractivity contribution in [1.82, 2.24) is 4.90 Å². The van der Waals surface area contributed by atoms with Gasteiger partial charge in [0.05, 0.1) is 6.54 Å². The molecule has 0 saturated heterocycles. The van der Waals surface area contributed by atoms with Crippen molar-refractivity contribution >= 4 is 35.1 Å². The molecule has 5 nitrogen and oxygen atoms in total. The fraction of sp³-hybridized carbons (Fsp3) is 0.333. The van der Waals surface area contributed by atoms with Crippen LogP contribution in [0.25, 0.3) is 0 Å². The summed E-state index contributed by atoms with van der Waals surface area (Å²) in [6, 6.07) is 5.18. The maximum atomic E-state index is 7.44. The molecule has 0 saturated carbocycles. The number of hydrogen-bond acceptors (Lipinski definition) is 2. The predicted octanol–water partition coefficient (Wildman–Crippen LogP) is 2.41. The summed E-state index contributed by atoms with van der Waals surface area (Å²) in [4.78, 5) is 5.65. The Hall–Kier alpha value is -1.46. The van der Waals surface area contributed by atoms with Gasteiger partial charge in [-0.25, -0.2) is 4.99 Å². The fourth-order valence-electron chi connectivity index (χ4n) is 1.48. The molecule has 0 spiro atoms. The van der Waals surface area contributed by atoms with Gasteiger partial charge in [0.15, 0.2) is 11.9 Å². The summed E-state index contributed by atoms with van der Waals surface area (Å²) in [5.74, 6) is 0.0886. The smallest absolute Gasteiger partial charge is 0.198 e. The SMILES string of the molecule is CCCN(C(=N)N)C(N)=NCc1ccc(Cl)cc1Cl. The van der Waals surface area contributed by atoms with Gasteiger partial charge in [-0.15, -0.1) is 0 Å². The van der Waals surface area contributed by atoms with E-state index in [0.29, 0.717) is 23.1 Å². The molecule has 0 aliphatic carbocycles. The summed E-state index contributed by atoms with van der Waals surface area (Å²) in [6.45, 7) is 2.84. The molecule has 0 aromatic heterocycles. The van der Waals surface area contributed by atoms with E-state index in [1.54, 1.807) is 18.2 Å². The van der Waals surface area contributed by atoms with Crippen LogP contribution in [-0.4, -0.2) is 23.4 Å². The van der Waals surface area contributed by atoms with Crippen LogP contribution in [0, 0.1) is 5.41 Å². The third kappa shape index (κ3) is 4.61. The molecule has 1 aromatic carbocycles. The summed E-state index contributed by atoms with van der Waals surface area (Å²) in [5.41, 5.74) is 12.1. The molecule has 0 atom stereocenters. The molecule has 7 heteroatoms. The topological polar surface area (TPSA) is 91.5 Å². The van der Waals surface area contributed by atoms with Crippen molar-refractivity contribution in [2.75, 3.05) is 6.54 Å². The highest BCUT2D eigenvalue weighted by molar-refractivity contribution is 6.35. The number of nitrogens with one attached hydrogen (secondary N) is 1. The van der Waals surface area contributed by atoms with Crippen molar-refractivity contribution < 1.29 is 0 Å². The first kappa shape index (κ1) is 15.6. The lowest BCUT2D eigenvalue weighted by molar-refractivity contribution is 0.575. The summed E-state index contributed by atoms with van der Waals surface area (Å²) >= 11 is 11.9. The Bertz CT molecular complexity index is 487. The van der Waals surface area contributed by atoms with Crippen molar-refractivity contribution in [3.8, 4) is 0 Å². The Morgan fingerprint density at radius 1 is 1.37 bits per heavy atom. The number of rotatable bonds is 4. The first-order valence-corrected chi connectivity index (χ1v) is 6.56. The van der Waals surface area contributed by atoms with Crippen molar-refractivity contribution in [3.63, 3.8) is 0 Å². The molecule has 0 aliphatic rings. The normalized spacial score (nSPS) is 11.4. The van der Waals surface area contributed by atoms with Crippen LogP contribution in [0.4, 0.5) is 0 Å². The molecule has 0 unspecified atom stereocenters. The van der Waals surface area contributed by atoms with Crippen molar-refractivity contribution in [2.24, 2.45) is 16.5 Å². The van der Waals surface area contributed by atoms with E-state index < -0.39 is 0 Å². The molecular weight excluding hydrogens is 285 g/mol. The zero-order valence-electron chi connectivity index (χ0n) is 10.7. The average Bonchev–Trinajstić information content (AvgIpc) is 2.34. The van der Waals surface area contributed by atoms with Gasteiger partial charge in [0, 0.05) is 16.6 Å². The Balaban J connectivity index is 2.81. The van der Waals surface area contributed by atoms with Gasteiger partial charge < -0.3 is 11.5 Å². The van der Waals surface area contributed by atoms with E-state index in [4.69, 9.17) is 40.1 Å². The Labute approximate surface area is 122 Å². The van der Waals surface area contributed by atoms with Gasteiger partial charge in [-0.2, -0.15) is 0 Å². The van der Waals surface area contributed by atoms with Crippen molar-refractivity contribution in [3.05, 3.63) is 33.8 Å². The van der Waals surface area contributed by atoms with Crippen LogP contribution in [0.15, 0.2) is 23.2 Å². The largest absolute Gasteiger partial charge is 0.370 e. The van der Waals surface area contributed by atoms with Crippen molar-refractivity contribution in [2.45, 2.75) is 19.9 Å². The summed E-state index contributed by atoms with van der Waals surface area (Å²) in [5, 5.41) is 8.55. The van der Waals surface area contributed by atoms with E-state index >= 15 is 0 Å². The molecular formula is C12H17Cl2N5. The highest BCUT2D eigenvalue weighted by Crippen LogP contribution is 2.21. The first-order chi connectivity index (χ1) is 8.95. The van der Waals surface area contributed by atoms with Crippen LogP contribution in [0.5, 0.6) is 0 Å². The monoisotopic (exact) mass is 301 g/mol. The molecule has 0 amide bonds. The van der Waals surface area contributed by atoms with Crippen LogP contribution in [0.2, 0.25) is 10.0 Å². The Morgan fingerprint density at radius 2 is 2.05 bits per heavy atom. The third-order valence-electron chi connectivity index (χ3n) is 2.44. The average molecular weight is 302 g/mol. The molecule has 19 heavy (non-hydrogen) atoms. The zero-order valence-corrected chi connectivity index (χ0v) is 12.2. The standard InChI is InChI=1S/C12H17Cl2N5/c1-2-5-19(11(15)16)12(17)18-7-8-3-4-9(13)6-10(8)14/h3-4,6H,2,5,7H2,1H3,(H3,15,16)(H2,17,18).